The summed E-state index contributed by atoms with van der Waals surface area (Å²) in [6.07, 6.45) is 6.73. The van der Waals surface area contributed by atoms with Crippen molar-refractivity contribution in [3.63, 3.8) is 0 Å². The van der Waals surface area contributed by atoms with E-state index in [0.29, 0.717) is 12.3 Å². The van der Waals surface area contributed by atoms with Crippen molar-refractivity contribution in [2.75, 3.05) is 7.11 Å². The Balaban J connectivity index is 0.000000924. The SMILES string of the molecule is CC.COC1=CC=C(C2=NNC(=O)CC2C)C2=CC(C=O)NN12. The van der Waals surface area contributed by atoms with Crippen LogP contribution in [-0.4, -0.2) is 36.1 Å². The van der Waals surface area contributed by atoms with Gasteiger partial charge in [0.25, 0.3) is 0 Å². The topological polar surface area (TPSA) is 83.0 Å². The van der Waals surface area contributed by atoms with E-state index >= 15 is 0 Å². The molecule has 0 fully saturated rings. The number of hydrazone groups is 1. The standard InChI is InChI=1S/C14H16N4O3.C2H6/c1-8-5-12(20)15-16-14(8)10-3-4-13(21-2)18-11(10)6-9(7-19)17-18;1-2/h3-4,6-9,17H,5H2,1-2H3,(H,15,20);1-2H3. The molecule has 2 N–H and O–H groups in total. The monoisotopic (exact) mass is 318 g/mol. The largest absolute Gasteiger partial charge is 0.481 e. The first-order chi connectivity index (χ1) is 11.1. The molecule has 0 aromatic carbocycles. The van der Waals surface area contributed by atoms with Crippen molar-refractivity contribution in [2.24, 2.45) is 11.0 Å². The number of nitrogens with one attached hydrogen (secondary N) is 2. The van der Waals surface area contributed by atoms with E-state index in [1.807, 2.05) is 32.9 Å². The molecule has 3 rings (SSSR count). The van der Waals surface area contributed by atoms with E-state index in [9.17, 15) is 9.59 Å². The van der Waals surface area contributed by atoms with Crippen LogP contribution in [0.4, 0.5) is 0 Å². The molecule has 3 aliphatic rings. The summed E-state index contributed by atoms with van der Waals surface area (Å²) in [5.41, 5.74) is 8.03. The number of amides is 1. The minimum Gasteiger partial charge on any atom is -0.481 e. The van der Waals surface area contributed by atoms with Crippen molar-refractivity contribution in [3.8, 4) is 0 Å². The van der Waals surface area contributed by atoms with Crippen LogP contribution in [0.25, 0.3) is 0 Å². The van der Waals surface area contributed by atoms with Crippen LogP contribution < -0.4 is 10.9 Å². The van der Waals surface area contributed by atoms with Crippen molar-refractivity contribution in [3.05, 3.63) is 35.4 Å². The molecule has 0 aliphatic carbocycles. The number of hydrogen-bond donors (Lipinski definition) is 2. The minimum absolute atomic E-state index is 0.0144. The molecule has 2 atom stereocenters. The lowest BCUT2D eigenvalue weighted by atomic mass is 9.90. The van der Waals surface area contributed by atoms with Gasteiger partial charge in [0, 0.05) is 24.0 Å². The second-order valence-electron chi connectivity index (χ2n) is 5.10. The number of aldehydes is 1. The number of nitrogens with zero attached hydrogens (tertiary/aromatic N) is 2. The van der Waals surface area contributed by atoms with Gasteiger partial charge in [0.05, 0.1) is 18.5 Å². The zero-order valence-corrected chi connectivity index (χ0v) is 13.8. The van der Waals surface area contributed by atoms with Gasteiger partial charge in [-0.25, -0.2) is 15.9 Å². The molecule has 0 radical (unpaired) electrons. The molecule has 7 heteroatoms. The van der Waals surface area contributed by atoms with Crippen molar-refractivity contribution >= 4 is 17.9 Å². The van der Waals surface area contributed by atoms with Crippen LogP contribution in [0.2, 0.25) is 0 Å². The first kappa shape index (κ1) is 17.0. The summed E-state index contributed by atoms with van der Waals surface area (Å²) >= 11 is 0. The number of allylic oxidation sites excluding steroid dienone is 3. The third-order valence-corrected chi connectivity index (χ3v) is 3.64. The van der Waals surface area contributed by atoms with Crippen LogP contribution in [0.5, 0.6) is 0 Å². The van der Waals surface area contributed by atoms with Gasteiger partial charge in [-0.1, -0.05) is 20.8 Å². The van der Waals surface area contributed by atoms with Crippen LogP contribution >= 0.6 is 0 Å². The molecule has 124 valence electrons. The summed E-state index contributed by atoms with van der Waals surface area (Å²) in [6.45, 7) is 5.96. The van der Waals surface area contributed by atoms with Gasteiger partial charge in [-0.15, -0.1) is 0 Å². The quantitative estimate of drug-likeness (QED) is 0.765. The summed E-state index contributed by atoms with van der Waals surface area (Å²) < 4.78 is 5.29. The average Bonchev–Trinajstić information content (AvgIpc) is 3.01. The molecule has 0 saturated heterocycles. The summed E-state index contributed by atoms with van der Waals surface area (Å²) in [4.78, 5) is 22.4. The lowest BCUT2D eigenvalue weighted by molar-refractivity contribution is -0.121. The number of rotatable bonds is 3. The number of carbonyl (C=O) groups excluding carboxylic acids is 2. The Morgan fingerprint density at radius 3 is 2.74 bits per heavy atom. The average molecular weight is 318 g/mol. The molecule has 0 bridgehead atoms. The van der Waals surface area contributed by atoms with Gasteiger partial charge in [0.1, 0.15) is 12.3 Å². The predicted octanol–water partition coefficient (Wildman–Crippen LogP) is 1.22. The van der Waals surface area contributed by atoms with E-state index in [-0.39, 0.29) is 11.8 Å². The van der Waals surface area contributed by atoms with E-state index < -0.39 is 6.04 Å². The predicted molar refractivity (Wildman–Crippen MR) is 86.8 cm³/mol. The Hall–Kier alpha value is -2.41. The van der Waals surface area contributed by atoms with Crippen LogP contribution in [0.3, 0.4) is 0 Å². The molecule has 3 aliphatic heterocycles. The molecule has 2 unspecified atom stereocenters. The van der Waals surface area contributed by atoms with Gasteiger partial charge in [-0.3, -0.25) is 4.79 Å². The van der Waals surface area contributed by atoms with Crippen molar-refractivity contribution < 1.29 is 14.3 Å². The Labute approximate surface area is 135 Å². The molecule has 0 spiro atoms. The zero-order chi connectivity index (χ0) is 17.0. The van der Waals surface area contributed by atoms with E-state index in [1.54, 1.807) is 18.2 Å². The normalized spacial score (nSPS) is 25.7. The Bertz CT molecular complexity index is 619. The number of ether oxygens (including phenoxy) is 1. The van der Waals surface area contributed by atoms with Crippen LogP contribution in [0.1, 0.15) is 27.2 Å². The highest BCUT2D eigenvalue weighted by Crippen LogP contribution is 2.32. The Morgan fingerprint density at radius 2 is 2.13 bits per heavy atom. The second-order valence-corrected chi connectivity index (χ2v) is 5.10. The summed E-state index contributed by atoms with van der Waals surface area (Å²) in [6, 6.07) is -0.408. The second kappa shape index (κ2) is 7.23. The molecule has 3 heterocycles. The first-order valence-corrected chi connectivity index (χ1v) is 7.70. The smallest absolute Gasteiger partial charge is 0.240 e. The molecular weight excluding hydrogens is 296 g/mol. The van der Waals surface area contributed by atoms with Crippen molar-refractivity contribution in [2.45, 2.75) is 33.2 Å². The fourth-order valence-electron chi connectivity index (χ4n) is 2.63. The number of methoxy groups -OCH3 is 1. The molecule has 23 heavy (non-hydrogen) atoms. The molecule has 1 amide bonds. The molecule has 0 aromatic rings. The van der Waals surface area contributed by atoms with Gasteiger partial charge in [0.15, 0.2) is 0 Å². The maximum absolute atomic E-state index is 11.4. The fourth-order valence-corrected chi connectivity index (χ4v) is 2.63. The van der Waals surface area contributed by atoms with Gasteiger partial charge in [0.2, 0.25) is 11.8 Å². The summed E-state index contributed by atoms with van der Waals surface area (Å²) in [7, 11) is 1.57. The van der Waals surface area contributed by atoms with Gasteiger partial charge in [-0.2, -0.15) is 5.10 Å². The van der Waals surface area contributed by atoms with Gasteiger partial charge in [-0.05, 0) is 12.2 Å². The first-order valence-electron chi connectivity index (χ1n) is 7.70. The van der Waals surface area contributed by atoms with Gasteiger partial charge >= 0.3 is 0 Å². The van der Waals surface area contributed by atoms with Crippen LogP contribution in [0.15, 0.2) is 40.5 Å². The number of fused-ring (bicyclic) bond motifs is 1. The fraction of sp³-hybridized carbons (Fsp3) is 0.438. The highest BCUT2D eigenvalue weighted by Gasteiger charge is 2.34. The number of hydrogen-bond acceptors (Lipinski definition) is 6. The van der Waals surface area contributed by atoms with E-state index in [2.05, 4.69) is 16.0 Å². The maximum atomic E-state index is 11.4. The maximum Gasteiger partial charge on any atom is 0.240 e. The highest BCUT2D eigenvalue weighted by molar-refractivity contribution is 6.08. The van der Waals surface area contributed by atoms with Crippen LogP contribution in [0, 0.1) is 5.92 Å². The minimum atomic E-state index is -0.408. The lowest BCUT2D eigenvalue weighted by Gasteiger charge is -2.30. The van der Waals surface area contributed by atoms with Crippen molar-refractivity contribution in [1.29, 1.82) is 0 Å². The third kappa shape index (κ3) is 3.19. The van der Waals surface area contributed by atoms with E-state index in [1.165, 1.54) is 0 Å². The Morgan fingerprint density at radius 1 is 1.39 bits per heavy atom. The number of hydrazine groups is 1. The van der Waals surface area contributed by atoms with Crippen LogP contribution in [-0.2, 0) is 14.3 Å². The molecule has 0 aromatic heterocycles. The third-order valence-electron chi connectivity index (χ3n) is 3.64. The lowest BCUT2D eigenvalue weighted by Crippen LogP contribution is -2.40. The molecular formula is C16H22N4O3. The zero-order valence-electron chi connectivity index (χ0n) is 13.8. The summed E-state index contributed by atoms with van der Waals surface area (Å²) in [5.74, 6) is 0.528. The summed E-state index contributed by atoms with van der Waals surface area (Å²) in [5, 5.41) is 5.89. The van der Waals surface area contributed by atoms with Gasteiger partial charge < -0.3 is 9.53 Å². The number of carbonyl (C=O) groups is 2. The van der Waals surface area contributed by atoms with E-state index in [4.69, 9.17) is 4.74 Å². The highest BCUT2D eigenvalue weighted by atomic mass is 16.5. The van der Waals surface area contributed by atoms with Crippen molar-refractivity contribution in [1.82, 2.24) is 15.9 Å². The Kier molecular flexibility index (Phi) is 5.33. The molecule has 7 nitrogen and oxygen atoms in total. The molecule has 0 saturated carbocycles. The van der Waals surface area contributed by atoms with E-state index in [0.717, 1.165) is 23.3 Å².